The molecule has 0 unspecified atom stereocenters. The van der Waals surface area contributed by atoms with Crippen LogP contribution in [0.2, 0.25) is 0 Å². The Morgan fingerprint density at radius 3 is 2.06 bits per heavy atom. The number of fused-ring (bicyclic) bond motifs is 1. The van der Waals surface area contributed by atoms with Crippen LogP contribution >= 0.6 is 0 Å². The monoisotopic (exact) mass is 487 g/mol. The number of benzene rings is 2. The minimum absolute atomic E-state index is 0.499. The number of hydrogen-bond donors (Lipinski definition) is 0. The van der Waals surface area contributed by atoms with Gasteiger partial charge in [-0.3, -0.25) is 0 Å². The summed E-state index contributed by atoms with van der Waals surface area (Å²) in [6, 6.07) is 15.7. The second-order valence-electron chi connectivity index (χ2n) is 11.4. The number of aromatic nitrogens is 1. The number of aryl methyl sites for hydroxylation is 1. The minimum Gasteiger partial charge on any atom is -0.440 e. The molecule has 4 rings (SSSR count). The van der Waals surface area contributed by atoms with E-state index >= 15 is 0 Å². The molecular weight excluding hydrogens is 438 g/mol. The highest BCUT2D eigenvalue weighted by molar-refractivity contribution is 5.80. The highest BCUT2D eigenvalue weighted by Crippen LogP contribution is 2.38. The van der Waals surface area contributed by atoms with Gasteiger partial charge in [-0.05, 0) is 73.3 Å². The molecule has 1 saturated carbocycles. The summed E-state index contributed by atoms with van der Waals surface area (Å²) in [4.78, 5) is 4.96. The van der Waals surface area contributed by atoms with Crippen molar-refractivity contribution in [3.63, 3.8) is 0 Å². The van der Waals surface area contributed by atoms with E-state index in [1.807, 2.05) is 0 Å². The molecule has 0 radical (unpaired) electrons. The Labute approximate surface area is 220 Å². The van der Waals surface area contributed by atoms with E-state index in [1.165, 1.54) is 126 Å². The first-order chi connectivity index (χ1) is 17.8. The molecule has 196 valence electrons. The maximum absolute atomic E-state index is 6.23. The van der Waals surface area contributed by atoms with Gasteiger partial charge in [-0.25, -0.2) is 4.98 Å². The fourth-order valence-corrected chi connectivity index (χ4v) is 6.01. The molecule has 0 spiro atoms. The quantitative estimate of drug-likeness (QED) is 0.199. The predicted molar refractivity (Wildman–Crippen MR) is 155 cm³/mol. The van der Waals surface area contributed by atoms with Crippen LogP contribution in [0.5, 0.6) is 0 Å². The standard InChI is InChI=1S/C34H49NO/c1-3-5-7-8-9-10-11-13-15-28-16-20-29(21-17-28)31-24-25-33-32(26-31)35-34(36-33)30-22-18-27(19-23-30)14-12-6-4-2/h16-17,20-21,24-27,30H,3-15,18-19,22-23H2,1-2H3/t27-,30-. The van der Waals surface area contributed by atoms with Crippen LogP contribution in [0.1, 0.15) is 134 Å². The summed E-state index contributed by atoms with van der Waals surface area (Å²) < 4.78 is 6.23. The number of oxazole rings is 1. The Morgan fingerprint density at radius 1 is 0.694 bits per heavy atom. The van der Waals surface area contributed by atoms with Crippen molar-refractivity contribution in [3.05, 3.63) is 53.9 Å². The molecule has 1 aliphatic rings. The van der Waals surface area contributed by atoms with Gasteiger partial charge >= 0.3 is 0 Å². The van der Waals surface area contributed by atoms with E-state index in [4.69, 9.17) is 9.40 Å². The second kappa shape index (κ2) is 14.6. The Balaban J connectivity index is 1.26. The van der Waals surface area contributed by atoms with Gasteiger partial charge in [0.15, 0.2) is 11.5 Å². The number of rotatable bonds is 15. The van der Waals surface area contributed by atoms with Gasteiger partial charge in [0, 0.05) is 5.92 Å². The Morgan fingerprint density at radius 2 is 1.33 bits per heavy atom. The molecule has 0 atom stereocenters. The van der Waals surface area contributed by atoms with Crippen LogP contribution in [0.15, 0.2) is 46.9 Å². The first-order valence-corrected chi connectivity index (χ1v) is 15.3. The molecular formula is C34H49NO. The van der Waals surface area contributed by atoms with Crippen molar-refractivity contribution in [3.8, 4) is 11.1 Å². The Hall–Kier alpha value is -2.09. The van der Waals surface area contributed by atoms with Crippen LogP contribution in [0, 0.1) is 5.92 Å². The largest absolute Gasteiger partial charge is 0.440 e. The number of unbranched alkanes of at least 4 members (excludes halogenated alkanes) is 9. The van der Waals surface area contributed by atoms with E-state index in [0.717, 1.165) is 22.9 Å². The van der Waals surface area contributed by atoms with Gasteiger partial charge in [-0.2, -0.15) is 0 Å². The van der Waals surface area contributed by atoms with Crippen LogP contribution in [0.4, 0.5) is 0 Å². The zero-order valence-corrected chi connectivity index (χ0v) is 23.1. The highest BCUT2D eigenvalue weighted by Gasteiger charge is 2.25. The molecule has 0 bridgehead atoms. The van der Waals surface area contributed by atoms with Crippen molar-refractivity contribution in [2.24, 2.45) is 5.92 Å². The van der Waals surface area contributed by atoms with Gasteiger partial charge in [0.2, 0.25) is 0 Å². The van der Waals surface area contributed by atoms with Crippen molar-refractivity contribution in [1.29, 1.82) is 0 Å². The third-order valence-corrected chi connectivity index (χ3v) is 8.42. The summed E-state index contributed by atoms with van der Waals surface area (Å²) in [5.74, 6) is 2.39. The Bertz CT molecular complexity index is 1010. The summed E-state index contributed by atoms with van der Waals surface area (Å²) in [6.45, 7) is 4.58. The summed E-state index contributed by atoms with van der Waals surface area (Å²) in [5.41, 5.74) is 5.91. The summed E-state index contributed by atoms with van der Waals surface area (Å²) in [5, 5.41) is 0. The van der Waals surface area contributed by atoms with Gasteiger partial charge in [0.1, 0.15) is 5.52 Å². The van der Waals surface area contributed by atoms with Crippen LogP contribution in [0.3, 0.4) is 0 Å². The number of nitrogens with zero attached hydrogens (tertiary/aromatic N) is 1. The smallest absolute Gasteiger partial charge is 0.198 e. The molecule has 0 N–H and O–H groups in total. The van der Waals surface area contributed by atoms with Crippen LogP contribution in [0.25, 0.3) is 22.2 Å². The Kier molecular flexibility index (Phi) is 10.9. The van der Waals surface area contributed by atoms with Gasteiger partial charge in [-0.1, -0.05) is 115 Å². The fourth-order valence-electron chi connectivity index (χ4n) is 6.01. The van der Waals surface area contributed by atoms with E-state index in [9.17, 15) is 0 Å². The highest BCUT2D eigenvalue weighted by atomic mass is 16.3. The van der Waals surface area contributed by atoms with Crippen molar-refractivity contribution >= 4 is 11.1 Å². The average molecular weight is 488 g/mol. The number of hydrogen-bond acceptors (Lipinski definition) is 2. The van der Waals surface area contributed by atoms with Gasteiger partial charge in [0.05, 0.1) is 0 Å². The summed E-state index contributed by atoms with van der Waals surface area (Å²) in [7, 11) is 0. The molecule has 0 saturated heterocycles. The molecule has 1 aliphatic carbocycles. The predicted octanol–water partition coefficient (Wildman–Crippen LogP) is 11.0. The van der Waals surface area contributed by atoms with Crippen LogP contribution in [-0.4, -0.2) is 4.98 Å². The van der Waals surface area contributed by atoms with Gasteiger partial charge in [0.25, 0.3) is 0 Å². The topological polar surface area (TPSA) is 26.0 Å². The average Bonchev–Trinajstić information content (AvgIpc) is 3.35. The lowest BCUT2D eigenvalue weighted by Crippen LogP contribution is -2.13. The zero-order chi connectivity index (χ0) is 25.0. The molecule has 1 heterocycles. The van der Waals surface area contributed by atoms with Gasteiger partial charge < -0.3 is 4.42 Å². The van der Waals surface area contributed by atoms with Crippen LogP contribution < -0.4 is 0 Å². The van der Waals surface area contributed by atoms with E-state index in [2.05, 4.69) is 56.3 Å². The SMILES string of the molecule is CCCCCCCCCCc1ccc(-c2ccc3oc([C@H]4CC[C@H](CCCCC)CC4)nc3c2)cc1. The first kappa shape index (κ1) is 27.0. The second-order valence-corrected chi connectivity index (χ2v) is 11.4. The van der Waals surface area contributed by atoms with E-state index in [0.29, 0.717) is 5.92 Å². The summed E-state index contributed by atoms with van der Waals surface area (Å²) in [6.07, 6.45) is 22.9. The van der Waals surface area contributed by atoms with Crippen molar-refractivity contribution in [1.82, 2.24) is 4.98 Å². The normalized spacial score (nSPS) is 18.2. The van der Waals surface area contributed by atoms with E-state index in [1.54, 1.807) is 0 Å². The molecule has 0 aliphatic heterocycles. The molecule has 0 amide bonds. The maximum atomic E-state index is 6.23. The third-order valence-electron chi connectivity index (χ3n) is 8.42. The molecule has 3 aromatic rings. The van der Waals surface area contributed by atoms with Crippen molar-refractivity contribution in [2.75, 3.05) is 0 Å². The minimum atomic E-state index is 0.499. The molecule has 1 fully saturated rings. The maximum Gasteiger partial charge on any atom is 0.198 e. The lowest BCUT2D eigenvalue weighted by atomic mass is 9.79. The third kappa shape index (κ3) is 7.95. The lowest BCUT2D eigenvalue weighted by molar-refractivity contribution is 0.279. The van der Waals surface area contributed by atoms with Crippen molar-refractivity contribution in [2.45, 2.75) is 129 Å². The van der Waals surface area contributed by atoms with E-state index < -0.39 is 0 Å². The molecule has 1 aromatic heterocycles. The first-order valence-electron chi connectivity index (χ1n) is 15.3. The lowest BCUT2D eigenvalue weighted by Gasteiger charge is -2.26. The van der Waals surface area contributed by atoms with E-state index in [-0.39, 0.29) is 0 Å². The zero-order valence-electron chi connectivity index (χ0n) is 23.1. The molecule has 2 aromatic carbocycles. The van der Waals surface area contributed by atoms with Crippen LogP contribution in [-0.2, 0) is 6.42 Å². The van der Waals surface area contributed by atoms with Crippen molar-refractivity contribution < 1.29 is 4.42 Å². The molecule has 2 nitrogen and oxygen atoms in total. The summed E-state index contributed by atoms with van der Waals surface area (Å²) >= 11 is 0. The molecule has 2 heteroatoms. The van der Waals surface area contributed by atoms with Gasteiger partial charge in [-0.15, -0.1) is 0 Å². The fraction of sp³-hybridized carbons (Fsp3) is 0.618. The molecule has 36 heavy (non-hydrogen) atoms.